The molecule has 0 aromatic heterocycles. The summed E-state index contributed by atoms with van der Waals surface area (Å²) in [6.07, 6.45) is 6.32. The maximum Gasteiger partial charge on any atom is 0.236 e. The largest absolute Gasteiger partial charge is 0.274 e. The minimum Gasteiger partial charge on any atom is -0.274 e. The molecule has 0 radical (unpaired) electrons. The maximum absolute atomic E-state index is 10.7. The number of amides is 1. The van der Waals surface area contributed by atoms with Crippen molar-refractivity contribution in [1.82, 2.24) is 5.43 Å². The highest BCUT2D eigenvalue weighted by atomic mass is 16.2. The molecule has 3 heteroatoms. The van der Waals surface area contributed by atoms with E-state index < -0.39 is 0 Å². The molecular formula is C10H16N2O. The van der Waals surface area contributed by atoms with Gasteiger partial charge in [0.05, 0.1) is 0 Å². The lowest BCUT2D eigenvalue weighted by atomic mass is 9.88. The van der Waals surface area contributed by atoms with Crippen molar-refractivity contribution >= 4 is 11.6 Å². The molecule has 2 rings (SSSR count). The average Bonchev–Trinajstić information content (AvgIpc) is 2.47. The smallest absolute Gasteiger partial charge is 0.236 e. The van der Waals surface area contributed by atoms with E-state index in [1.165, 1.54) is 38.3 Å². The van der Waals surface area contributed by atoms with E-state index in [9.17, 15) is 4.79 Å². The number of fused-ring (bicyclic) bond motifs is 2. The number of carbonyl (C=O) groups excluding carboxylic acids is 1. The molecule has 0 aromatic rings. The van der Waals surface area contributed by atoms with Crippen LogP contribution in [0.2, 0.25) is 0 Å². The Labute approximate surface area is 78.6 Å². The average molecular weight is 180 g/mol. The van der Waals surface area contributed by atoms with Gasteiger partial charge in [-0.25, -0.2) is 5.43 Å². The topological polar surface area (TPSA) is 41.5 Å². The number of hydrogen-bond donors (Lipinski definition) is 1. The Morgan fingerprint density at radius 2 is 2.31 bits per heavy atom. The van der Waals surface area contributed by atoms with Gasteiger partial charge in [0.15, 0.2) is 0 Å². The number of nitrogens with zero attached hydrogens (tertiary/aromatic N) is 1. The third kappa shape index (κ3) is 1.90. The number of rotatable bonds is 1. The first kappa shape index (κ1) is 8.73. The van der Waals surface area contributed by atoms with Gasteiger partial charge in [0.1, 0.15) is 0 Å². The molecule has 2 unspecified atom stereocenters. The molecule has 0 spiro atoms. The van der Waals surface area contributed by atoms with Crippen LogP contribution in [-0.4, -0.2) is 11.6 Å². The van der Waals surface area contributed by atoms with Crippen LogP contribution in [-0.2, 0) is 4.79 Å². The fourth-order valence-electron chi connectivity index (χ4n) is 2.49. The summed E-state index contributed by atoms with van der Waals surface area (Å²) in [6.45, 7) is 1.50. The van der Waals surface area contributed by atoms with Crippen molar-refractivity contribution in [2.75, 3.05) is 0 Å². The van der Waals surface area contributed by atoms with Crippen molar-refractivity contribution in [3.63, 3.8) is 0 Å². The predicted octanol–water partition coefficient (Wildman–Crippen LogP) is 1.69. The fourth-order valence-corrected chi connectivity index (χ4v) is 2.49. The van der Waals surface area contributed by atoms with Gasteiger partial charge in [-0.2, -0.15) is 5.10 Å². The van der Waals surface area contributed by atoms with E-state index in [1.807, 2.05) is 0 Å². The second-order valence-electron chi connectivity index (χ2n) is 4.19. The SMILES string of the molecule is CC(=O)N/N=C1\CCC2CCC1C2. The highest BCUT2D eigenvalue weighted by Crippen LogP contribution is 2.40. The van der Waals surface area contributed by atoms with Gasteiger partial charge < -0.3 is 0 Å². The number of nitrogens with one attached hydrogen (secondary N) is 1. The van der Waals surface area contributed by atoms with Gasteiger partial charge in [-0.3, -0.25) is 4.79 Å². The summed E-state index contributed by atoms with van der Waals surface area (Å²) >= 11 is 0. The van der Waals surface area contributed by atoms with Gasteiger partial charge >= 0.3 is 0 Å². The second kappa shape index (κ2) is 3.48. The summed E-state index contributed by atoms with van der Waals surface area (Å²) in [5.41, 5.74) is 3.77. The van der Waals surface area contributed by atoms with Gasteiger partial charge in [-0.05, 0) is 43.9 Å². The lowest BCUT2D eigenvalue weighted by Gasteiger charge is -2.20. The van der Waals surface area contributed by atoms with E-state index in [4.69, 9.17) is 0 Å². The number of carbonyl (C=O) groups is 1. The monoisotopic (exact) mass is 180 g/mol. The molecule has 0 heterocycles. The zero-order chi connectivity index (χ0) is 9.26. The van der Waals surface area contributed by atoms with Crippen LogP contribution in [0.3, 0.4) is 0 Å². The Hall–Kier alpha value is -0.860. The third-order valence-electron chi connectivity index (χ3n) is 3.18. The van der Waals surface area contributed by atoms with Crippen molar-refractivity contribution in [3.8, 4) is 0 Å². The summed E-state index contributed by atoms with van der Waals surface area (Å²) in [5.74, 6) is 1.56. The summed E-state index contributed by atoms with van der Waals surface area (Å²) in [5, 5.41) is 4.18. The van der Waals surface area contributed by atoms with Crippen LogP contribution in [0.5, 0.6) is 0 Å². The number of hydrazone groups is 1. The van der Waals surface area contributed by atoms with Crippen LogP contribution < -0.4 is 5.43 Å². The Balaban J connectivity index is 1.99. The molecule has 1 N–H and O–H groups in total. The maximum atomic E-state index is 10.7. The standard InChI is InChI=1S/C10H16N2O/c1-7(13)11-12-10-5-3-8-2-4-9(10)6-8/h8-9H,2-6H2,1H3,(H,11,13)/b12-10+. The minimum atomic E-state index is -0.0624. The Kier molecular flexibility index (Phi) is 2.34. The van der Waals surface area contributed by atoms with Crippen molar-refractivity contribution in [2.24, 2.45) is 16.9 Å². The predicted molar refractivity (Wildman–Crippen MR) is 51.3 cm³/mol. The molecule has 2 aliphatic rings. The molecule has 13 heavy (non-hydrogen) atoms. The summed E-state index contributed by atoms with van der Waals surface area (Å²) in [6, 6.07) is 0. The fraction of sp³-hybridized carbons (Fsp3) is 0.800. The third-order valence-corrected chi connectivity index (χ3v) is 3.18. The van der Waals surface area contributed by atoms with Gasteiger partial charge in [0, 0.05) is 12.6 Å². The minimum absolute atomic E-state index is 0.0624. The second-order valence-corrected chi connectivity index (χ2v) is 4.19. The van der Waals surface area contributed by atoms with Gasteiger partial charge in [-0.1, -0.05) is 0 Å². The molecule has 2 saturated carbocycles. The van der Waals surface area contributed by atoms with E-state index in [0.717, 1.165) is 12.3 Å². The Bertz CT molecular complexity index is 247. The molecule has 2 atom stereocenters. The molecule has 72 valence electrons. The zero-order valence-corrected chi connectivity index (χ0v) is 8.05. The quantitative estimate of drug-likeness (QED) is 0.613. The molecule has 2 bridgehead atoms. The van der Waals surface area contributed by atoms with E-state index in [0.29, 0.717) is 5.92 Å². The molecule has 0 saturated heterocycles. The Morgan fingerprint density at radius 3 is 3.08 bits per heavy atom. The normalized spacial score (nSPS) is 35.0. The van der Waals surface area contributed by atoms with E-state index in [1.54, 1.807) is 0 Å². The Morgan fingerprint density at radius 1 is 1.46 bits per heavy atom. The van der Waals surface area contributed by atoms with Gasteiger partial charge in [-0.15, -0.1) is 0 Å². The van der Waals surface area contributed by atoms with Gasteiger partial charge in [0.2, 0.25) is 5.91 Å². The van der Waals surface area contributed by atoms with Crippen molar-refractivity contribution in [1.29, 1.82) is 0 Å². The van der Waals surface area contributed by atoms with E-state index in [-0.39, 0.29) is 5.91 Å². The summed E-state index contributed by atoms with van der Waals surface area (Å²) in [7, 11) is 0. The van der Waals surface area contributed by atoms with Crippen LogP contribution >= 0.6 is 0 Å². The van der Waals surface area contributed by atoms with Gasteiger partial charge in [0.25, 0.3) is 0 Å². The molecular weight excluding hydrogens is 164 g/mol. The number of hydrogen-bond acceptors (Lipinski definition) is 2. The first-order chi connectivity index (χ1) is 6.25. The first-order valence-electron chi connectivity index (χ1n) is 5.08. The van der Waals surface area contributed by atoms with Crippen LogP contribution in [0.4, 0.5) is 0 Å². The van der Waals surface area contributed by atoms with Crippen LogP contribution in [0.1, 0.15) is 39.0 Å². The van der Waals surface area contributed by atoms with Crippen LogP contribution in [0.25, 0.3) is 0 Å². The van der Waals surface area contributed by atoms with Crippen LogP contribution in [0.15, 0.2) is 5.10 Å². The highest BCUT2D eigenvalue weighted by Gasteiger charge is 2.32. The molecule has 3 nitrogen and oxygen atoms in total. The van der Waals surface area contributed by atoms with Crippen molar-refractivity contribution in [2.45, 2.75) is 39.0 Å². The molecule has 1 amide bonds. The van der Waals surface area contributed by atoms with E-state index >= 15 is 0 Å². The molecule has 0 aliphatic heterocycles. The first-order valence-corrected chi connectivity index (χ1v) is 5.08. The van der Waals surface area contributed by atoms with Crippen molar-refractivity contribution in [3.05, 3.63) is 0 Å². The summed E-state index contributed by atoms with van der Waals surface area (Å²) < 4.78 is 0. The lowest BCUT2D eigenvalue weighted by Crippen LogP contribution is -2.23. The lowest BCUT2D eigenvalue weighted by molar-refractivity contribution is -0.118. The zero-order valence-electron chi connectivity index (χ0n) is 8.05. The molecule has 2 fully saturated rings. The highest BCUT2D eigenvalue weighted by molar-refractivity contribution is 5.89. The molecule has 0 aromatic carbocycles. The summed E-state index contributed by atoms with van der Waals surface area (Å²) in [4.78, 5) is 10.7. The molecule has 2 aliphatic carbocycles. The van der Waals surface area contributed by atoms with E-state index in [2.05, 4.69) is 10.5 Å². The van der Waals surface area contributed by atoms with Crippen molar-refractivity contribution < 1.29 is 4.79 Å². The van der Waals surface area contributed by atoms with Crippen LogP contribution in [0, 0.1) is 11.8 Å².